The predicted octanol–water partition coefficient (Wildman–Crippen LogP) is 2.29. The standard InChI is InChI=1S/C9H10N2OS/c1-12-9-10-7-4-3-6(13-2)5-8(7)11-9/h3-5H,1-2H3,(H,10,11). The van der Waals surface area contributed by atoms with Crippen molar-refractivity contribution in [2.45, 2.75) is 4.90 Å². The van der Waals surface area contributed by atoms with E-state index < -0.39 is 0 Å². The Morgan fingerprint density at radius 3 is 3.00 bits per heavy atom. The van der Waals surface area contributed by atoms with Gasteiger partial charge in [0.1, 0.15) is 0 Å². The number of rotatable bonds is 2. The molecule has 1 N–H and O–H groups in total. The van der Waals surface area contributed by atoms with Crippen LogP contribution in [-0.2, 0) is 0 Å². The number of imidazole rings is 1. The van der Waals surface area contributed by atoms with Gasteiger partial charge in [-0.05, 0) is 24.5 Å². The second kappa shape index (κ2) is 3.30. The zero-order chi connectivity index (χ0) is 9.26. The normalized spacial score (nSPS) is 10.6. The van der Waals surface area contributed by atoms with Crippen LogP contribution in [0.4, 0.5) is 0 Å². The largest absolute Gasteiger partial charge is 0.468 e. The van der Waals surface area contributed by atoms with Crippen LogP contribution < -0.4 is 4.74 Å². The van der Waals surface area contributed by atoms with Crippen molar-refractivity contribution < 1.29 is 4.74 Å². The molecule has 0 aliphatic rings. The van der Waals surface area contributed by atoms with Gasteiger partial charge in [-0.1, -0.05) is 0 Å². The fourth-order valence-corrected chi connectivity index (χ4v) is 1.63. The number of aromatic nitrogens is 2. The maximum absolute atomic E-state index is 5.00. The van der Waals surface area contributed by atoms with Gasteiger partial charge in [0.25, 0.3) is 6.01 Å². The van der Waals surface area contributed by atoms with E-state index in [1.165, 1.54) is 4.90 Å². The smallest absolute Gasteiger partial charge is 0.294 e. The average Bonchev–Trinajstić information content (AvgIpc) is 2.58. The highest BCUT2D eigenvalue weighted by Crippen LogP contribution is 2.21. The van der Waals surface area contributed by atoms with Crippen molar-refractivity contribution in [2.24, 2.45) is 0 Å². The van der Waals surface area contributed by atoms with Crippen molar-refractivity contribution in [1.82, 2.24) is 9.97 Å². The Morgan fingerprint density at radius 2 is 2.31 bits per heavy atom. The Hall–Kier alpha value is -1.16. The number of methoxy groups -OCH3 is 1. The Balaban J connectivity index is 2.57. The van der Waals surface area contributed by atoms with E-state index in [-0.39, 0.29) is 0 Å². The third-order valence-electron chi connectivity index (χ3n) is 1.86. The Bertz CT molecular complexity index is 422. The SMILES string of the molecule is COc1nc2ccc(SC)cc2[nH]1. The maximum atomic E-state index is 5.00. The summed E-state index contributed by atoms with van der Waals surface area (Å²) in [4.78, 5) is 8.51. The molecule has 0 saturated heterocycles. The van der Waals surface area contributed by atoms with E-state index in [9.17, 15) is 0 Å². The summed E-state index contributed by atoms with van der Waals surface area (Å²) >= 11 is 1.71. The van der Waals surface area contributed by atoms with Crippen molar-refractivity contribution in [3.63, 3.8) is 0 Å². The minimum atomic E-state index is 0.563. The lowest BCUT2D eigenvalue weighted by Crippen LogP contribution is -1.82. The number of thioether (sulfide) groups is 1. The van der Waals surface area contributed by atoms with Crippen LogP contribution >= 0.6 is 11.8 Å². The molecule has 1 aromatic carbocycles. The summed E-state index contributed by atoms with van der Waals surface area (Å²) in [6.45, 7) is 0. The number of fused-ring (bicyclic) bond motifs is 1. The first-order valence-electron chi connectivity index (χ1n) is 3.91. The van der Waals surface area contributed by atoms with Gasteiger partial charge in [-0.15, -0.1) is 11.8 Å². The zero-order valence-electron chi connectivity index (χ0n) is 7.50. The predicted molar refractivity (Wildman–Crippen MR) is 54.4 cm³/mol. The molecule has 0 unspecified atom stereocenters. The summed E-state index contributed by atoms with van der Waals surface area (Å²) < 4.78 is 5.00. The van der Waals surface area contributed by atoms with Gasteiger partial charge in [0, 0.05) is 4.90 Å². The number of ether oxygens (including phenoxy) is 1. The van der Waals surface area contributed by atoms with Crippen LogP contribution in [0, 0.1) is 0 Å². The van der Waals surface area contributed by atoms with Crippen LogP contribution in [0.15, 0.2) is 23.1 Å². The summed E-state index contributed by atoms with van der Waals surface area (Å²) in [6, 6.07) is 6.66. The number of H-pyrrole nitrogens is 1. The number of nitrogens with zero attached hydrogens (tertiary/aromatic N) is 1. The molecule has 0 fully saturated rings. The van der Waals surface area contributed by atoms with Crippen molar-refractivity contribution in [3.8, 4) is 6.01 Å². The van der Waals surface area contributed by atoms with Crippen molar-refractivity contribution in [1.29, 1.82) is 0 Å². The molecule has 0 bridgehead atoms. The van der Waals surface area contributed by atoms with Gasteiger partial charge >= 0.3 is 0 Å². The summed E-state index contributed by atoms with van der Waals surface area (Å²) in [6.07, 6.45) is 2.05. The second-order valence-electron chi connectivity index (χ2n) is 2.63. The molecule has 1 aromatic heterocycles. The lowest BCUT2D eigenvalue weighted by molar-refractivity contribution is 0.386. The first kappa shape index (κ1) is 8.44. The van der Waals surface area contributed by atoms with E-state index in [0.29, 0.717) is 6.01 Å². The van der Waals surface area contributed by atoms with Crippen molar-refractivity contribution in [2.75, 3.05) is 13.4 Å². The highest BCUT2D eigenvalue weighted by atomic mass is 32.2. The average molecular weight is 194 g/mol. The third kappa shape index (κ3) is 1.49. The van der Waals surface area contributed by atoms with E-state index in [1.54, 1.807) is 18.9 Å². The second-order valence-corrected chi connectivity index (χ2v) is 3.51. The molecule has 3 nitrogen and oxygen atoms in total. The molecular weight excluding hydrogens is 184 g/mol. The van der Waals surface area contributed by atoms with Gasteiger partial charge in [-0.2, -0.15) is 4.98 Å². The van der Waals surface area contributed by atoms with Gasteiger partial charge in [-0.3, -0.25) is 0 Å². The molecule has 0 saturated carbocycles. The van der Waals surface area contributed by atoms with Crippen LogP contribution in [-0.4, -0.2) is 23.3 Å². The van der Waals surface area contributed by atoms with Gasteiger partial charge in [0.15, 0.2) is 0 Å². The molecule has 2 rings (SSSR count). The topological polar surface area (TPSA) is 37.9 Å². The van der Waals surface area contributed by atoms with Crippen molar-refractivity contribution in [3.05, 3.63) is 18.2 Å². The lowest BCUT2D eigenvalue weighted by atomic mass is 10.3. The summed E-state index contributed by atoms with van der Waals surface area (Å²) in [5.74, 6) is 0. The Kier molecular flexibility index (Phi) is 2.14. The first-order valence-corrected chi connectivity index (χ1v) is 5.13. The molecule has 0 spiro atoms. The van der Waals surface area contributed by atoms with E-state index in [4.69, 9.17) is 4.74 Å². The van der Waals surface area contributed by atoms with Crippen LogP contribution in [0.1, 0.15) is 0 Å². The summed E-state index contributed by atoms with van der Waals surface area (Å²) in [7, 11) is 1.60. The number of hydrogen-bond donors (Lipinski definition) is 1. The van der Waals surface area contributed by atoms with Crippen LogP contribution in [0.3, 0.4) is 0 Å². The zero-order valence-corrected chi connectivity index (χ0v) is 8.31. The molecule has 0 radical (unpaired) electrons. The molecule has 0 amide bonds. The fraction of sp³-hybridized carbons (Fsp3) is 0.222. The first-order chi connectivity index (χ1) is 6.33. The number of nitrogens with one attached hydrogen (secondary N) is 1. The van der Waals surface area contributed by atoms with E-state index in [0.717, 1.165) is 11.0 Å². The fourth-order valence-electron chi connectivity index (χ4n) is 1.19. The van der Waals surface area contributed by atoms with Gasteiger partial charge in [-0.25, -0.2) is 0 Å². The van der Waals surface area contributed by atoms with Gasteiger partial charge in [0.05, 0.1) is 18.1 Å². The van der Waals surface area contributed by atoms with Gasteiger partial charge < -0.3 is 9.72 Å². The molecule has 68 valence electrons. The Morgan fingerprint density at radius 1 is 1.46 bits per heavy atom. The number of hydrogen-bond acceptors (Lipinski definition) is 3. The van der Waals surface area contributed by atoms with Crippen LogP contribution in [0.25, 0.3) is 11.0 Å². The molecule has 2 aromatic rings. The van der Waals surface area contributed by atoms with Crippen LogP contribution in [0.2, 0.25) is 0 Å². The summed E-state index contributed by atoms with van der Waals surface area (Å²) in [5, 5.41) is 0. The third-order valence-corrected chi connectivity index (χ3v) is 2.59. The maximum Gasteiger partial charge on any atom is 0.294 e. The number of aromatic amines is 1. The highest BCUT2D eigenvalue weighted by molar-refractivity contribution is 7.98. The molecule has 4 heteroatoms. The van der Waals surface area contributed by atoms with Crippen LogP contribution in [0.5, 0.6) is 6.01 Å². The van der Waals surface area contributed by atoms with Gasteiger partial charge in [0.2, 0.25) is 0 Å². The molecule has 0 aliphatic carbocycles. The van der Waals surface area contributed by atoms with Crippen molar-refractivity contribution >= 4 is 22.8 Å². The molecule has 13 heavy (non-hydrogen) atoms. The minimum Gasteiger partial charge on any atom is -0.468 e. The molecule has 0 aliphatic heterocycles. The van der Waals surface area contributed by atoms with E-state index >= 15 is 0 Å². The number of benzene rings is 1. The molecule has 1 heterocycles. The highest BCUT2D eigenvalue weighted by Gasteiger charge is 2.02. The van der Waals surface area contributed by atoms with E-state index in [1.807, 2.05) is 12.1 Å². The monoisotopic (exact) mass is 194 g/mol. The Labute approximate surface area is 80.5 Å². The summed E-state index contributed by atoms with van der Waals surface area (Å²) in [5.41, 5.74) is 1.96. The molecular formula is C9H10N2OS. The van der Waals surface area contributed by atoms with E-state index in [2.05, 4.69) is 22.3 Å². The minimum absolute atomic E-state index is 0.563. The molecule has 0 atom stereocenters. The lowest BCUT2D eigenvalue weighted by Gasteiger charge is -1.93. The quantitative estimate of drug-likeness (QED) is 0.745.